The first kappa shape index (κ1) is 12.0. The molecule has 1 aromatic carbocycles. The summed E-state index contributed by atoms with van der Waals surface area (Å²) in [5, 5.41) is 10.0. The Hall–Kier alpha value is -2.05. The minimum atomic E-state index is -1.12. The van der Waals surface area contributed by atoms with E-state index in [9.17, 15) is 9.66 Å². The highest BCUT2D eigenvalue weighted by molar-refractivity contribution is 7.90. The molecule has 3 aromatic rings. The molecule has 0 amide bonds. The number of pyridine rings is 1. The minimum Gasteiger partial charge on any atom is -0.612 e. The van der Waals surface area contributed by atoms with Crippen molar-refractivity contribution < 1.29 is 9.66 Å². The van der Waals surface area contributed by atoms with Crippen LogP contribution in [0, 0.1) is 0 Å². The second-order valence-corrected chi connectivity index (χ2v) is 5.49. The third-order valence-electron chi connectivity index (χ3n) is 2.84. The first-order chi connectivity index (χ1) is 9.15. The lowest BCUT2D eigenvalue weighted by atomic mass is 10.2. The van der Waals surface area contributed by atoms with Gasteiger partial charge in [0, 0.05) is 12.3 Å². The number of aromatic amines is 1. The van der Waals surface area contributed by atoms with Gasteiger partial charge in [-0.15, -0.1) is 0 Å². The molecule has 0 radical (unpaired) electrons. The molecule has 3 rings (SSSR count). The van der Waals surface area contributed by atoms with Gasteiger partial charge in [0.15, 0.2) is 4.90 Å². The number of rotatable bonds is 2. The molecule has 0 saturated heterocycles. The third-order valence-corrected chi connectivity index (χ3v) is 3.76. The summed E-state index contributed by atoms with van der Waals surface area (Å²) < 4.78 is 11.4. The van der Waals surface area contributed by atoms with Crippen LogP contribution in [-0.2, 0) is 11.2 Å². The van der Waals surface area contributed by atoms with E-state index in [0.717, 1.165) is 11.0 Å². The van der Waals surface area contributed by atoms with E-state index in [1.54, 1.807) is 30.8 Å². The van der Waals surface area contributed by atoms with Gasteiger partial charge in [0.25, 0.3) is 0 Å². The number of nitrogens with one attached hydrogen (secondary N) is 1. The van der Waals surface area contributed by atoms with E-state index in [-0.39, 0.29) is 5.75 Å². The zero-order valence-electron chi connectivity index (χ0n) is 10.1. The molecule has 2 heterocycles. The van der Waals surface area contributed by atoms with Crippen LogP contribution < -0.4 is 0 Å². The largest absolute Gasteiger partial charge is 0.612 e. The second kappa shape index (κ2) is 4.56. The van der Waals surface area contributed by atoms with Crippen LogP contribution in [-0.4, -0.2) is 30.9 Å². The van der Waals surface area contributed by atoms with E-state index in [1.165, 1.54) is 6.07 Å². The van der Waals surface area contributed by atoms with E-state index in [0.29, 0.717) is 16.3 Å². The van der Waals surface area contributed by atoms with Gasteiger partial charge >= 0.3 is 0 Å². The molecule has 2 aromatic heterocycles. The normalized spacial score (nSPS) is 12.7. The molecule has 6 heteroatoms. The molecule has 0 aliphatic rings. The number of benzene rings is 1. The van der Waals surface area contributed by atoms with Gasteiger partial charge in [-0.25, -0.2) is 4.98 Å². The van der Waals surface area contributed by atoms with Crippen LogP contribution in [0.1, 0.15) is 0 Å². The molecule has 0 saturated carbocycles. The first-order valence-corrected chi connectivity index (χ1v) is 7.17. The van der Waals surface area contributed by atoms with Crippen molar-refractivity contribution in [1.29, 1.82) is 0 Å². The van der Waals surface area contributed by atoms with E-state index in [1.807, 2.05) is 6.07 Å². The highest BCUT2D eigenvalue weighted by Crippen LogP contribution is 2.30. The second-order valence-electron chi connectivity index (χ2n) is 4.11. The monoisotopic (exact) mass is 273 g/mol. The number of imidazole rings is 1. The van der Waals surface area contributed by atoms with Crippen molar-refractivity contribution in [2.24, 2.45) is 0 Å². The number of phenolic OH excluding ortho intramolecular Hbond substituents is 1. The lowest BCUT2D eigenvalue weighted by Gasteiger charge is -2.06. The zero-order chi connectivity index (χ0) is 13.4. The third kappa shape index (κ3) is 2.16. The van der Waals surface area contributed by atoms with Crippen LogP contribution in [0.15, 0.2) is 41.6 Å². The number of hydrogen-bond acceptors (Lipinski definition) is 4. The number of aromatic nitrogens is 3. The van der Waals surface area contributed by atoms with Crippen molar-refractivity contribution in [2.75, 3.05) is 6.26 Å². The molecule has 0 fully saturated rings. The Bertz CT molecular complexity index is 707. The minimum absolute atomic E-state index is 0.0553. The SMILES string of the molecule is C[S+]([O-])c1ccc(-c2nc3cnccc3[nH]2)c(O)c1. The summed E-state index contributed by atoms with van der Waals surface area (Å²) in [4.78, 5) is 12.1. The van der Waals surface area contributed by atoms with Crippen LogP contribution >= 0.6 is 0 Å². The van der Waals surface area contributed by atoms with Gasteiger partial charge in [-0.2, -0.15) is 0 Å². The number of fused-ring (bicyclic) bond motifs is 1. The summed E-state index contributed by atoms with van der Waals surface area (Å²) in [6, 6.07) is 6.74. The quantitative estimate of drug-likeness (QED) is 0.700. The van der Waals surface area contributed by atoms with Crippen LogP contribution in [0.4, 0.5) is 0 Å². The molecular weight excluding hydrogens is 262 g/mol. The average Bonchev–Trinajstić information content (AvgIpc) is 2.81. The van der Waals surface area contributed by atoms with E-state index >= 15 is 0 Å². The predicted octanol–water partition coefficient (Wildman–Crippen LogP) is 2.07. The maximum absolute atomic E-state index is 11.4. The summed E-state index contributed by atoms with van der Waals surface area (Å²) in [5.74, 6) is 0.619. The Balaban J connectivity index is 2.11. The van der Waals surface area contributed by atoms with Crippen LogP contribution in [0.2, 0.25) is 0 Å². The van der Waals surface area contributed by atoms with Crippen molar-refractivity contribution in [1.82, 2.24) is 15.0 Å². The van der Waals surface area contributed by atoms with Gasteiger partial charge in [0.1, 0.15) is 23.3 Å². The molecule has 0 aliphatic carbocycles. The van der Waals surface area contributed by atoms with E-state index in [2.05, 4.69) is 15.0 Å². The summed E-state index contributed by atoms with van der Waals surface area (Å²) in [6.07, 6.45) is 4.90. The maximum atomic E-state index is 11.4. The Labute approximate surface area is 112 Å². The molecule has 1 unspecified atom stereocenters. The van der Waals surface area contributed by atoms with Gasteiger partial charge in [0.2, 0.25) is 0 Å². The van der Waals surface area contributed by atoms with Crippen molar-refractivity contribution in [3.05, 3.63) is 36.7 Å². The Morgan fingerprint density at radius 2 is 2.16 bits per heavy atom. The Morgan fingerprint density at radius 3 is 2.84 bits per heavy atom. The van der Waals surface area contributed by atoms with Crippen molar-refractivity contribution in [2.45, 2.75) is 4.90 Å². The van der Waals surface area contributed by atoms with Gasteiger partial charge in [-0.3, -0.25) is 4.98 Å². The van der Waals surface area contributed by atoms with Gasteiger partial charge in [-0.05, 0) is 29.4 Å². The zero-order valence-corrected chi connectivity index (χ0v) is 10.9. The van der Waals surface area contributed by atoms with Crippen molar-refractivity contribution >= 4 is 22.2 Å². The fraction of sp³-hybridized carbons (Fsp3) is 0.0769. The van der Waals surface area contributed by atoms with E-state index < -0.39 is 11.2 Å². The number of aromatic hydroxyl groups is 1. The van der Waals surface area contributed by atoms with Gasteiger partial charge < -0.3 is 14.6 Å². The summed E-state index contributed by atoms with van der Waals surface area (Å²) in [6.45, 7) is 0. The van der Waals surface area contributed by atoms with Gasteiger partial charge in [0.05, 0.1) is 17.3 Å². The molecule has 0 spiro atoms. The maximum Gasteiger partial charge on any atom is 0.156 e. The lowest BCUT2D eigenvalue weighted by Crippen LogP contribution is -1.96. The Kier molecular flexibility index (Phi) is 2.88. The number of phenols is 1. The summed E-state index contributed by atoms with van der Waals surface area (Å²) in [5.41, 5.74) is 2.16. The Morgan fingerprint density at radius 1 is 1.32 bits per heavy atom. The van der Waals surface area contributed by atoms with Crippen LogP contribution in [0.3, 0.4) is 0 Å². The number of H-pyrrole nitrogens is 1. The molecule has 96 valence electrons. The number of nitrogens with zero attached hydrogens (tertiary/aromatic N) is 2. The van der Waals surface area contributed by atoms with Crippen LogP contribution in [0.5, 0.6) is 5.75 Å². The molecule has 0 aliphatic heterocycles. The highest BCUT2D eigenvalue weighted by Gasteiger charge is 2.13. The summed E-state index contributed by atoms with van der Waals surface area (Å²) in [7, 11) is 0. The molecule has 19 heavy (non-hydrogen) atoms. The molecule has 0 bridgehead atoms. The summed E-state index contributed by atoms with van der Waals surface area (Å²) >= 11 is -1.12. The highest BCUT2D eigenvalue weighted by atomic mass is 32.2. The molecule has 5 nitrogen and oxygen atoms in total. The first-order valence-electron chi connectivity index (χ1n) is 5.61. The number of hydrogen-bond donors (Lipinski definition) is 2. The van der Waals surface area contributed by atoms with E-state index in [4.69, 9.17) is 0 Å². The van der Waals surface area contributed by atoms with Gasteiger partial charge in [-0.1, -0.05) is 0 Å². The van der Waals surface area contributed by atoms with Crippen molar-refractivity contribution in [3.63, 3.8) is 0 Å². The predicted molar refractivity (Wildman–Crippen MR) is 73.3 cm³/mol. The standard InChI is InChI=1S/C13H11N3O2S/c1-19(18)8-2-3-9(12(17)6-8)13-15-10-4-5-14-7-11(10)16-13/h2-7,17H,1H3,(H,15,16). The molecule has 2 N–H and O–H groups in total. The average molecular weight is 273 g/mol. The van der Waals surface area contributed by atoms with Crippen molar-refractivity contribution in [3.8, 4) is 17.1 Å². The topological polar surface area (TPSA) is 84.9 Å². The smallest absolute Gasteiger partial charge is 0.156 e. The van der Waals surface area contributed by atoms with Crippen LogP contribution in [0.25, 0.3) is 22.4 Å². The molecule has 1 atom stereocenters. The molecular formula is C13H11N3O2S. The fourth-order valence-corrected chi connectivity index (χ4v) is 2.41. The fourth-order valence-electron chi connectivity index (χ4n) is 1.87. The lowest BCUT2D eigenvalue weighted by molar-refractivity contribution is 0.475.